The van der Waals surface area contributed by atoms with Gasteiger partial charge in [-0.15, -0.1) is 0 Å². The predicted octanol–water partition coefficient (Wildman–Crippen LogP) is 3.74. The summed E-state index contributed by atoms with van der Waals surface area (Å²) in [6, 6.07) is 11.2. The molecule has 2 aromatic carbocycles. The summed E-state index contributed by atoms with van der Waals surface area (Å²) < 4.78 is 33.8. The normalized spacial score (nSPS) is 10.9. The summed E-state index contributed by atoms with van der Waals surface area (Å²) in [5, 5.41) is 0. The smallest absolute Gasteiger partial charge is 0.241 e. The van der Waals surface area contributed by atoms with Crippen molar-refractivity contribution in [1.82, 2.24) is 4.72 Å². The first-order valence-electron chi connectivity index (χ1n) is 7.71. The van der Waals surface area contributed by atoms with Crippen molar-refractivity contribution in [2.45, 2.75) is 25.7 Å². The van der Waals surface area contributed by atoms with Crippen molar-refractivity contribution in [2.75, 3.05) is 13.2 Å². The number of sulfonamides is 1. The van der Waals surface area contributed by atoms with Crippen LogP contribution in [0.3, 0.4) is 0 Å². The second-order valence-corrected chi connectivity index (χ2v) is 8.27. The molecule has 0 saturated heterocycles. The molecule has 0 aliphatic rings. The lowest BCUT2D eigenvalue weighted by Gasteiger charge is -2.11. The molecule has 0 aliphatic carbocycles. The van der Waals surface area contributed by atoms with Crippen LogP contribution in [-0.4, -0.2) is 21.6 Å². The molecule has 25 heavy (non-hydrogen) atoms. The second-order valence-electron chi connectivity index (χ2n) is 5.65. The average Bonchev–Trinajstić information content (AvgIpc) is 2.49. The number of aryl methyl sites for hydroxylation is 3. The Hall–Kier alpha value is -1.81. The number of hydrogen-bond acceptors (Lipinski definition) is 3. The number of ether oxygens (including phenoxy) is 1. The Bertz CT molecular complexity index is 904. The van der Waals surface area contributed by atoms with Crippen LogP contribution in [-0.2, 0) is 10.0 Å². The van der Waals surface area contributed by atoms with E-state index in [-0.39, 0.29) is 13.2 Å². The Labute approximate surface area is 157 Å². The van der Waals surface area contributed by atoms with E-state index >= 15 is 0 Å². The first kappa shape index (κ1) is 19.5. The fourth-order valence-electron chi connectivity index (χ4n) is 2.58. The molecular formula is C19H20BrNO3S. The van der Waals surface area contributed by atoms with E-state index in [0.717, 1.165) is 21.2 Å². The van der Waals surface area contributed by atoms with Gasteiger partial charge in [-0.25, -0.2) is 8.42 Å². The fourth-order valence-corrected chi connectivity index (χ4v) is 4.33. The zero-order chi connectivity index (χ0) is 18.4. The van der Waals surface area contributed by atoms with Gasteiger partial charge in [-0.05, 0) is 50.1 Å². The first-order chi connectivity index (χ1) is 11.8. The van der Waals surface area contributed by atoms with Gasteiger partial charge in [0.05, 0.1) is 11.4 Å². The van der Waals surface area contributed by atoms with E-state index < -0.39 is 10.0 Å². The first-order valence-corrected chi connectivity index (χ1v) is 9.99. The summed E-state index contributed by atoms with van der Waals surface area (Å²) in [6.07, 6.45) is 0. The second kappa shape index (κ2) is 8.52. The number of halogens is 1. The minimum Gasteiger partial charge on any atom is -0.481 e. The van der Waals surface area contributed by atoms with Crippen molar-refractivity contribution >= 4 is 26.0 Å². The van der Waals surface area contributed by atoms with Crippen LogP contribution in [0.1, 0.15) is 16.7 Å². The lowest BCUT2D eigenvalue weighted by atomic mass is 10.1. The highest BCUT2D eigenvalue weighted by Gasteiger charge is 2.18. The average molecular weight is 422 g/mol. The van der Waals surface area contributed by atoms with Crippen LogP contribution >= 0.6 is 15.9 Å². The van der Waals surface area contributed by atoms with Crippen molar-refractivity contribution in [1.29, 1.82) is 0 Å². The van der Waals surface area contributed by atoms with Crippen molar-refractivity contribution in [3.8, 4) is 17.6 Å². The number of nitrogens with one attached hydrogen (secondary N) is 1. The topological polar surface area (TPSA) is 55.4 Å². The maximum Gasteiger partial charge on any atom is 0.241 e. The van der Waals surface area contributed by atoms with Crippen LogP contribution in [0.15, 0.2) is 45.8 Å². The molecule has 0 bridgehead atoms. The van der Waals surface area contributed by atoms with Crippen molar-refractivity contribution < 1.29 is 13.2 Å². The molecule has 1 N–H and O–H groups in total. The molecule has 0 saturated carbocycles. The zero-order valence-electron chi connectivity index (χ0n) is 14.4. The number of benzene rings is 2. The lowest BCUT2D eigenvalue weighted by molar-refractivity contribution is 0.370. The standard InChI is InChI=1S/C19H20BrNO3S/c1-14-11-15(2)19(16(3)12-14)25(22,23)21-9-4-5-10-24-18-8-6-7-17(20)13-18/h6-8,11-13,21H,9-10H2,1-3H3. The van der Waals surface area contributed by atoms with Gasteiger partial charge in [-0.2, -0.15) is 4.72 Å². The van der Waals surface area contributed by atoms with E-state index in [1.165, 1.54) is 0 Å². The highest BCUT2D eigenvalue weighted by Crippen LogP contribution is 2.21. The zero-order valence-corrected chi connectivity index (χ0v) is 16.8. The van der Waals surface area contributed by atoms with E-state index in [1.807, 2.05) is 43.3 Å². The summed E-state index contributed by atoms with van der Waals surface area (Å²) in [4.78, 5) is 0.324. The Morgan fingerprint density at radius 1 is 1.08 bits per heavy atom. The monoisotopic (exact) mass is 421 g/mol. The molecule has 0 unspecified atom stereocenters. The predicted molar refractivity (Wildman–Crippen MR) is 103 cm³/mol. The number of hydrogen-bond donors (Lipinski definition) is 1. The van der Waals surface area contributed by atoms with Gasteiger partial charge >= 0.3 is 0 Å². The molecule has 4 nitrogen and oxygen atoms in total. The number of rotatable bonds is 5. The van der Waals surface area contributed by atoms with Gasteiger partial charge in [0, 0.05) is 4.47 Å². The van der Waals surface area contributed by atoms with Gasteiger partial charge in [0.15, 0.2) is 0 Å². The summed E-state index contributed by atoms with van der Waals surface area (Å²) in [5.74, 6) is 6.27. The van der Waals surface area contributed by atoms with Crippen LogP contribution in [0.2, 0.25) is 0 Å². The van der Waals surface area contributed by atoms with Gasteiger partial charge in [-0.1, -0.05) is 51.5 Å². The van der Waals surface area contributed by atoms with Crippen LogP contribution in [0.5, 0.6) is 5.75 Å². The molecular weight excluding hydrogens is 402 g/mol. The molecule has 132 valence electrons. The summed E-state index contributed by atoms with van der Waals surface area (Å²) in [5.41, 5.74) is 2.50. The lowest BCUT2D eigenvalue weighted by Crippen LogP contribution is -2.25. The Morgan fingerprint density at radius 3 is 2.40 bits per heavy atom. The molecule has 0 spiro atoms. The minimum atomic E-state index is -3.58. The highest BCUT2D eigenvalue weighted by molar-refractivity contribution is 9.10. The molecule has 0 amide bonds. The van der Waals surface area contributed by atoms with Gasteiger partial charge in [0.1, 0.15) is 12.4 Å². The van der Waals surface area contributed by atoms with E-state index in [1.54, 1.807) is 13.8 Å². The van der Waals surface area contributed by atoms with Crippen LogP contribution in [0.25, 0.3) is 0 Å². The summed E-state index contributed by atoms with van der Waals surface area (Å²) in [7, 11) is -3.58. The van der Waals surface area contributed by atoms with Crippen molar-refractivity contribution in [3.05, 3.63) is 57.6 Å². The maximum absolute atomic E-state index is 12.5. The molecule has 0 radical (unpaired) electrons. The van der Waals surface area contributed by atoms with Gasteiger partial charge < -0.3 is 4.74 Å². The van der Waals surface area contributed by atoms with Crippen LogP contribution in [0, 0.1) is 32.6 Å². The maximum atomic E-state index is 12.5. The fraction of sp³-hybridized carbons (Fsp3) is 0.263. The largest absolute Gasteiger partial charge is 0.481 e. The van der Waals surface area contributed by atoms with Crippen LogP contribution < -0.4 is 9.46 Å². The minimum absolute atomic E-state index is 0.0386. The van der Waals surface area contributed by atoms with E-state index in [0.29, 0.717) is 10.6 Å². The molecule has 0 fully saturated rings. The molecule has 6 heteroatoms. The Balaban J connectivity index is 1.93. The van der Waals surface area contributed by atoms with E-state index in [4.69, 9.17) is 4.74 Å². The molecule has 0 heterocycles. The van der Waals surface area contributed by atoms with Gasteiger partial charge in [0.25, 0.3) is 0 Å². The van der Waals surface area contributed by atoms with Gasteiger partial charge in [0.2, 0.25) is 10.0 Å². The third kappa shape index (κ3) is 5.60. The molecule has 2 rings (SSSR count). The third-order valence-corrected chi connectivity index (χ3v) is 5.66. The molecule has 2 aromatic rings. The summed E-state index contributed by atoms with van der Waals surface area (Å²) in [6.45, 7) is 5.77. The molecule has 0 atom stereocenters. The van der Waals surface area contributed by atoms with E-state index in [2.05, 4.69) is 32.5 Å². The Kier molecular flexibility index (Phi) is 6.65. The van der Waals surface area contributed by atoms with Crippen LogP contribution in [0.4, 0.5) is 0 Å². The SMILES string of the molecule is Cc1cc(C)c(S(=O)(=O)NCC#CCOc2cccc(Br)c2)c(C)c1. The quantitative estimate of drug-likeness (QED) is 0.748. The van der Waals surface area contributed by atoms with Gasteiger partial charge in [-0.3, -0.25) is 0 Å². The van der Waals surface area contributed by atoms with E-state index in [9.17, 15) is 8.42 Å². The van der Waals surface area contributed by atoms with Crippen molar-refractivity contribution in [3.63, 3.8) is 0 Å². The van der Waals surface area contributed by atoms with Crippen molar-refractivity contribution in [2.24, 2.45) is 0 Å². The molecule has 0 aliphatic heterocycles. The highest BCUT2D eigenvalue weighted by atomic mass is 79.9. The molecule has 0 aromatic heterocycles. The summed E-state index contributed by atoms with van der Waals surface area (Å²) >= 11 is 3.36. The third-order valence-electron chi connectivity index (χ3n) is 3.46. The Morgan fingerprint density at radius 2 is 1.76 bits per heavy atom.